The average molecular weight is 289 g/mol. The van der Waals surface area contributed by atoms with E-state index in [1.807, 2.05) is 38.1 Å². The van der Waals surface area contributed by atoms with E-state index < -0.39 is 0 Å². The summed E-state index contributed by atoms with van der Waals surface area (Å²) in [5.41, 5.74) is 1.95. The van der Waals surface area contributed by atoms with Crippen LogP contribution < -0.4 is 10.1 Å². The predicted octanol–water partition coefficient (Wildman–Crippen LogP) is 1.86. The lowest BCUT2D eigenvalue weighted by Crippen LogP contribution is -2.28. The van der Waals surface area contributed by atoms with E-state index in [4.69, 9.17) is 21.1 Å². The van der Waals surface area contributed by atoms with Crippen LogP contribution in [0.15, 0.2) is 24.3 Å². The summed E-state index contributed by atoms with van der Waals surface area (Å²) in [6, 6.07) is 5.65. The largest absolute Gasteiger partial charge is 0.483 e. The summed E-state index contributed by atoms with van der Waals surface area (Å²) in [5.74, 6) is 3.02. The number of nitrogens with one attached hydrogen (secondary N) is 1. The number of carboxylic acid groups (broad SMARTS) is 1. The van der Waals surface area contributed by atoms with Crippen molar-refractivity contribution in [1.29, 1.82) is 0 Å². The highest BCUT2D eigenvalue weighted by atomic mass is 16.5. The van der Waals surface area contributed by atoms with E-state index in [1.54, 1.807) is 6.08 Å². The van der Waals surface area contributed by atoms with E-state index in [0.717, 1.165) is 11.1 Å². The molecule has 0 saturated heterocycles. The van der Waals surface area contributed by atoms with Gasteiger partial charge in [-0.25, -0.2) is 0 Å². The van der Waals surface area contributed by atoms with Gasteiger partial charge in [-0.05, 0) is 43.2 Å². The summed E-state index contributed by atoms with van der Waals surface area (Å²) in [6.45, 7) is 4.18. The second-order valence-corrected chi connectivity index (χ2v) is 3.82. The molecular weight excluding hydrogens is 270 g/mol. The molecule has 1 rings (SSSR count). The molecule has 0 aromatic heterocycles. The Morgan fingerprint density at radius 1 is 1.52 bits per heavy atom. The van der Waals surface area contributed by atoms with Crippen LogP contribution in [0.25, 0.3) is 6.08 Å². The first kappa shape index (κ1) is 18.3. The van der Waals surface area contributed by atoms with Crippen LogP contribution in [-0.2, 0) is 9.59 Å². The molecular formula is C16H19NO4. The number of terminal acetylenes is 1. The highest BCUT2D eigenvalue weighted by molar-refractivity contribution is 5.77. The van der Waals surface area contributed by atoms with Gasteiger partial charge in [0.2, 0.25) is 0 Å². The normalized spacial score (nSPS) is 9.19. The average Bonchev–Trinajstić information content (AvgIpc) is 2.46. The van der Waals surface area contributed by atoms with Crippen LogP contribution >= 0.6 is 0 Å². The smallest absolute Gasteiger partial charge is 0.290 e. The van der Waals surface area contributed by atoms with Crippen LogP contribution in [-0.4, -0.2) is 30.6 Å². The number of amides is 1. The minimum absolute atomic E-state index is 0.0248. The molecule has 1 aromatic carbocycles. The summed E-state index contributed by atoms with van der Waals surface area (Å²) in [4.78, 5) is 19.7. The second-order valence-electron chi connectivity index (χ2n) is 3.82. The van der Waals surface area contributed by atoms with E-state index >= 15 is 0 Å². The molecule has 0 aliphatic rings. The lowest BCUT2D eigenvalue weighted by Gasteiger charge is -2.10. The number of benzene rings is 1. The second kappa shape index (κ2) is 11.1. The first-order valence-corrected chi connectivity index (χ1v) is 6.30. The van der Waals surface area contributed by atoms with E-state index in [1.165, 1.54) is 0 Å². The van der Waals surface area contributed by atoms with E-state index in [2.05, 4.69) is 11.2 Å². The van der Waals surface area contributed by atoms with Gasteiger partial charge in [-0.3, -0.25) is 9.59 Å². The Morgan fingerprint density at radius 3 is 2.76 bits per heavy atom. The Kier molecular flexibility index (Phi) is 9.67. The SMILES string of the molecule is C#C/C=C\c1cccc(OCC(=O)NCC)c1C.O=CO. The van der Waals surface area contributed by atoms with Gasteiger partial charge < -0.3 is 15.2 Å². The molecule has 0 fully saturated rings. The molecule has 1 aromatic rings. The zero-order chi connectivity index (χ0) is 16.1. The maximum atomic E-state index is 11.3. The number of likely N-dealkylation sites (N-methyl/N-ethyl adjacent to an activating group) is 1. The molecule has 0 unspecified atom stereocenters. The lowest BCUT2D eigenvalue weighted by molar-refractivity contribution is -0.123. The first-order chi connectivity index (χ1) is 10.1. The van der Waals surface area contributed by atoms with Crippen molar-refractivity contribution in [1.82, 2.24) is 5.32 Å². The van der Waals surface area contributed by atoms with Gasteiger partial charge in [0.25, 0.3) is 12.4 Å². The van der Waals surface area contributed by atoms with Crippen LogP contribution in [0.1, 0.15) is 18.1 Å². The maximum Gasteiger partial charge on any atom is 0.290 e. The monoisotopic (exact) mass is 289 g/mol. The van der Waals surface area contributed by atoms with Crippen LogP contribution in [0.3, 0.4) is 0 Å². The molecule has 0 aliphatic heterocycles. The Labute approximate surface area is 124 Å². The molecule has 0 radical (unpaired) electrons. The number of hydrogen-bond donors (Lipinski definition) is 2. The van der Waals surface area contributed by atoms with Gasteiger partial charge in [-0.15, -0.1) is 6.42 Å². The van der Waals surface area contributed by atoms with Crippen LogP contribution in [0.2, 0.25) is 0 Å². The number of rotatable bonds is 5. The minimum atomic E-state index is -0.250. The summed E-state index contributed by atoms with van der Waals surface area (Å²) in [6.07, 6.45) is 8.65. The molecule has 0 heterocycles. The molecule has 112 valence electrons. The molecule has 5 nitrogen and oxygen atoms in total. The van der Waals surface area contributed by atoms with Crippen molar-refractivity contribution in [3.63, 3.8) is 0 Å². The number of ether oxygens (including phenoxy) is 1. The van der Waals surface area contributed by atoms with Gasteiger partial charge in [-0.2, -0.15) is 0 Å². The third-order valence-corrected chi connectivity index (χ3v) is 2.42. The first-order valence-electron chi connectivity index (χ1n) is 6.30. The fourth-order valence-corrected chi connectivity index (χ4v) is 1.50. The summed E-state index contributed by atoms with van der Waals surface area (Å²) >= 11 is 0. The zero-order valence-corrected chi connectivity index (χ0v) is 12.1. The summed E-state index contributed by atoms with van der Waals surface area (Å²) in [5, 5.41) is 9.57. The molecule has 0 aliphatic carbocycles. The summed E-state index contributed by atoms with van der Waals surface area (Å²) in [7, 11) is 0. The molecule has 5 heteroatoms. The van der Waals surface area contributed by atoms with E-state index in [9.17, 15) is 4.79 Å². The third-order valence-electron chi connectivity index (χ3n) is 2.42. The van der Waals surface area contributed by atoms with Gasteiger partial charge in [0, 0.05) is 6.54 Å². The Bertz CT molecular complexity index is 530. The Balaban J connectivity index is 0.00000122. The van der Waals surface area contributed by atoms with E-state index in [0.29, 0.717) is 12.3 Å². The van der Waals surface area contributed by atoms with Crippen LogP contribution in [0.4, 0.5) is 0 Å². The Hall–Kier alpha value is -2.74. The van der Waals surface area contributed by atoms with Gasteiger partial charge in [0.15, 0.2) is 6.61 Å². The minimum Gasteiger partial charge on any atom is -0.483 e. The van der Waals surface area contributed by atoms with Crippen molar-refractivity contribution >= 4 is 18.5 Å². The van der Waals surface area contributed by atoms with Crippen molar-refractivity contribution in [2.75, 3.05) is 13.2 Å². The van der Waals surface area contributed by atoms with Crippen LogP contribution in [0, 0.1) is 19.3 Å². The van der Waals surface area contributed by atoms with Gasteiger partial charge in [0.05, 0.1) is 0 Å². The fraction of sp³-hybridized carbons (Fsp3) is 0.250. The molecule has 0 spiro atoms. The third kappa shape index (κ3) is 7.43. The zero-order valence-electron chi connectivity index (χ0n) is 12.1. The predicted molar refractivity (Wildman–Crippen MR) is 81.9 cm³/mol. The molecule has 2 N–H and O–H groups in total. The lowest BCUT2D eigenvalue weighted by atomic mass is 10.1. The molecule has 1 amide bonds. The summed E-state index contributed by atoms with van der Waals surface area (Å²) < 4.78 is 5.47. The van der Waals surface area contributed by atoms with Crippen molar-refractivity contribution in [2.24, 2.45) is 0 Å². The molecule has 0 bridgehead atoms. The van der Waals surface area contributed by atoms with Crippen LogP contribution in [0.5, 0.6) is 5.75 Å². The number of carbonyl (C=O) groups excluding carboxylic acids is 1. The quantitative estimate of drug-likeness (QED) is 0.641. The van der Waals surface area contributed by atoms with Gasteiger partial charge in [-0.1, -0.05) is 18.1 Å². The molecule has 0 saturated carbocycles. The highest BCUT2D eigenvalue weighted by Crippen LogP contribution is 2.22. The van der Waals surface area contributed by atoms with Crippen molar-refractivity contribution in [3.05, 3.63) is 35.4 Å². The standard InChI is InChI=1S/C15H17NO2.CH2O2/c1-4-6-8-13-9-7-10-14(12(13)3)18-11-15(17)16-5-2;2-1-3/h1,6-10H,5,11H2,2-3H3,(H,16,17);1H,(H,2,3)/b8-6-;. The molecule has 21 heavy (non-hydrogen) atoms. The number of hydrogen-bond acceptors (Lipinski definition) is 3. The highest BCUT2D eigenvalue weighted by Gasteiger charge is 2.05. The Morgan fingerprint density at radius 2 is 2.19 bits per heavy atom. The maximum absolute atomic E-state index is 11.3. The van der Waals surface area contributed by atoms with Gasteiger partial charge >= 0.3 is 0 Å². The van der Waals surface area contributed by atoms with Gasteiger partial charge in [0.1, 0.15) is 5.75 Å². The van der Waals surface area contributed by atoms with Crippen molar-refractivity contribution < 1.29 is 19.4 Å². The number of carbonyl (C=O) groups is 2. The fourth-order valence-electron chi connectivity index (χ4n) is 1.50. The molecule has 0 atom stereocenters. The topological polar surface area (TPSA) is 75.6 Å². The van der Waals surface area contributed by atoms with Crippen molar-refractivity contribution in [2.45, 2.75) is 13.8 Å². The number of allylic oxidation sites excluding steroid dienone is 1. The van der Waals surface area contributed by atoms with Crippen molar-refractivity contribution in [3.8, 4) is 18.1 Å². The van der Waals surface area contributed by atoms with E-state index in [-0.39, 0.29) is 19.0 Å².